The molecule has 10 heteroatoms. The van der Waals surface area contributed by atoms with Crippen LogP contribution in [0.4, 0.5) is 5.69 Å². The fourth-order valence-electron chi connectivity index (χ4n) is 1.85. The van der Waals surface area contributed by atoms with E-state index in [1.807, 2.05) is 0 Å². The van der Waals surface area contributed by atoms with Gasteiger partial charge in [0.25, 0.3) is 0 Å². The summed E-state index contributed by atoms with van der Waals surface area (Å²) in [6, 6.07) is 8.10. The van der Waals surface area contributed by atoms with Gasteiger partial charge >= 0.3 is 11.7 Å². The molecule has 0 radical (unpaired) electrons. The highest BCUT2D eigenvalue weighted by Crippen LogP contribution is 2.28. The zero-order valence-corrected chi connectivity index (χ0v) is 14.2. The van der Waals surface area contributed by atoms with Crippen molar-refractivity contribution in [3.05, 3.63) is 67.7 Å². The summed E-state index contributed by atoms with van der Waals surface area (Å²) in [5, 5.41) is 15.1. The second-order valence-electron chi connectivity index (χ2n) is 4.62. The van der Waals surface area contributed by atoms with Crippen molar-refractivity contribution in [2.24, 2.45) is 10.9 Å². The van der Waals surface area contributed by atoms with E-state index in [1.54, 1.807) is 6.07 Å². The molecule has 2 N–H and O–H groups in total. The van der Waals surface area contributed by atoms with E-state index < -0.39 is 10.9 Å². The number of rotatable bonds is 5. The van der Waals surface area contributed by atoms with E-state index in [0.29, 0.717) is 10.6 Å². The molecule has 0 aromatic heterocycles. The summed E-state index contributed by atoms with van der Waals surface area (Å²) in [5.74, 6) is -1.07. The van der Waals surface area contributed by atoms with Gasteiger partial charge in [-0.2, -0.15) is 0 Å². The third-order valence-electron chi connectivity index (χ3n) is 3.05. The maximum absolute atomic E-state index is 12.0. The number of carbonyl (C=O) groups is 1. The van der Waals surface area contributed by atoms with Gasteiger partial charge in [-0.15, -0.1) is 0 Å². The molecule has 0 saturated carbocycles. The maximum Gasteiger partial charge on any atom is 0.366 e. The molecule has 0 amide bonds. The number of ether oxygens (including phenoxy) is 1. The molecule has 8 nitrogen and oxygen atoms in total. The first kappa shape index (κ1) is 18.5. The van der Waals surface area contributed by atoms with Crippen LogP contribution >= 0.6 is 23.2 Å². The van der Waals surface area contributed by atoms with Crippen LogP contribution < -0.4 is 10.5 Å². The average molecular weight is 384 g/mol. The Labute approximate surface area is 151 Å². The summed E-state index contributed by atoms with van der Waals surface area (Å²) in [6.45, 7) is 0. The molecule has 0 atom stereocenters. The fourth-order valence-corrected chi connectivity index (χ4v) is 2.35. The number of benzene rings is 2. The molecule has 0 fully saturated rings. The highest BCUT2D eigenvalue weighted by atomic mass is 35.5. The number of oxime groups is 1. The minimum absolute atomic E-state index is 0.0116. The Kier molecular flexibility index (Phi) is 5.79. The van der Waals surface area contributed by atoms with Crippen molar-refractivity contribution in [3.63, 3.8) is 0 Å². The molecule has 0 heterocycles. The SMILES string of the molecule is COc1ccc(C(=O)O/N=C(\N)c2ccc(Cl)cc2Cl)cc1[N+](=O)[O-]. The van der Waals surface area contributed by atoms with Gasteiger partial charge in [-0.3, -0.25) is 10.1 Å². The van der Waals surface area contributed by atoms with Crippen LogP contribution in [0.1, 0.15) is 15.9 Å². The average Bonchev–Trinajstić information content (AvgIpc) is 2.58. The van der Waals surface area contributed by atoms with Crippen molar-refractivity contribution in [3.8, 4) is 5.75 Å². The largest absolute Gasteiger partial charge is 0.490 e. The van der Waals surface area contributed by atoms with Gasteiger partial charge in [-0.1, -0.05) is 28.4 Å². The molecule has 0 aliphatic heterocycles. The molecule has 0 aliphatic rings. The molecular weight excluding hydrogens is 373 g/mol. The first-order valence-corrected chi connectivity index (χ1v) is 7.41. The lowest BCUT2D eigenvalue weighted by atomic mass is 10.2. The zero-order valence-electron chi connectivity index (χ0n) is 12.7. The Morgan fingerprint density at radius 2 is 1.96 bits per heavy atom. The molecule has 2 aromatic carbocycles. The second-order valence-corrected chi connectivity index (χ2v) is 5.47. The first-order valence-electron chi connectivity index (χ1n) is 6.66. The Morgan fingerprint density at radius 3 is 2.56 bits per heavy atom. The van der Waals surface area contributed by atoms with Crippen LogP contribution in [0, 0.1) is 10.1 Å². The van der Waals surface area contributed by atoms with Gasteiger partial charge in [0.2, 0.25) is 0 Å². The number of methoxy groups -OCH3 is 1. The van der Waals surface area contributed by atoms with Gasteiger partial charge in [-0.25, -0.2) is 4.79 Å². The lowest BCUT2D eigenvalue weighted by molar-refractivity contribution is -0.385. The van der Waals surface area contributed by atoms with Crippen molar-refractivity contribution < 1.29 is 19.3 Å². The Balaban J connectivity index is 2.22. The standard InChI is InChI=1S/C15H11Cl2N3O5/c1-24-13-5-2-8(6-12(13)20(22)23)15(21)25-19-14(18)10-4-3-9(16)7-11(10)17/h2-7H,1H3,(H2,18,19). The number of halogens is 2. The zero-order chi connectivity index (χ0) is 18.6. The minimum Gasteiger partial charge on any atom is -0.490 e. The van der Waals surface area contributed by atoms with E-state index in [4.69, 9.17) is 38.5 Å². The molecule has 130 valence electrons. The molecule has 0 spiro atoms. The number of hydrogen-bond donors (Lipinski definition) is 1. The minimum atomic E-state index is -0.932. The number of nitrogens with two attached hydrogens (primary N) is 1. The normalized spacial score (nSPS) is 11.1. The lowest BCUT2D eigenvalue weighted by Gasteiger charge is -2.05. The van der Waals surface area contributed by atoms with Crippen molar-refractivity contribution in [2.75, 3.05) is 7.11 Å². The summed E-state index contributed by atoms with van der Waals surface area (Å²) in [7, 11) is 1.28. The third-order valence-corrected chi connectivity index (χ3v) is 3.59. The molecule has 0 bridgehead atoms. The van der Waals surface area contributed by atoms with Crippen molar-refractivity contribution >= 4 is 40.7 Å². The van der Waals surface area contributed by atoms with Crippen LogP contribution in [0.3, 0.4) is 0 Å². The molecular formula is C15H11Cl2N3O5. The summed E-state index contributed by atoms with van der Waals surface area (Å²) in [5.41, 5.74) is 5.56. The molecule has 0 aliphatic carbocycles. The van der Waals surface area contributed by atoms with Crippen LogP contribution in [0.5, 0.6) is 5.75 Å². The highest BCUT2D eigenvalue weighted by molar-refractivity contribution is 6.36. The summed E-state index contributed by atoms with van der Waals surface area (Å²) < 4.78 is 4.85. The number of nitro groups is 1. The molecule has 0 unspecified atom stereocenters. The van der Waals surface area contributed by atoms with Crippen molar-refractivity contribution in [1.29, 1.82) is 0 Å². The van der Waals surface area contributed by atoms with Gasteiger partial charge in [0.15, 0.2) is 11.6 Å². The first-order chi connectivity index (χ1) is 11.8. The third kappa shape index (κ3) is 4.37. The molecule has 25 heavy (non-hydrogen) atoms. The molecule has 0 saturated heterocycles. The van der Waals surface area contributed by atoms with E-state index in [1.165, 1.54) is 31.4 Å². The summed E-state index contributed by atoms with van der Waals surface area (Å²) in [4.78, 5) is 27.0. The predicted octanol–water partition coefficient (Wildman–Crippen LogP) is 3.39. The summed E-state index contributed by atoms with van der Waals surface area (Å²) >= 11 is 11.7. The highest BCUT2D eigenvalue weighted by Gasteiger charge is 2.19. The Morgan fingerprint density at radius 1 is 1.24 bits per heavy atom. The van der Waals surface area contributed by atoms with E-state index in [9.17, 15) is 14.9 Å². The smallest absolute Gasteiger partial charge is 0.366 e. The number of hydrogen-bond acceptors (Lipinski definition) is 6. The number of nitro benzene ring substituents is 1. The Bertz CT molecular complexity index is 870. The van der Waals surface area contributed by atoms with E-state index in [0.717, 1.165) is 6.07 Å². The fraction of sp³-hybridized carbons (Fsp3) is 0.0667. The van der Waals surface area contributed by atoms with Crippen LogP contribution in [-0.4, -0.2) is 23.8 Å². The quantitative estimate of drug-likeness (QED) is 0.278. The van der Waals surface area contributed by atoms with Gasteiger partial charge in [0, 0.05) is 16.7 Å². The van der Waals surface area contributed by atoms with Crippen molar-refractivity contribution in [1.82, 2.24) is 0 Å². The number of carbonyl (C=O) groups excluding carboxylic acids is 1. The second kappa shape index (κ2) is 7.82. The lowest BCUT2D eigenvalue weighted by Crippen LogP contribution is -2.16. The van der Waals surface area contributed by atoms with Gasteiger partial charge in [0.1, 0.15) is 0 Å². The topological polar surface area (TPSA) is 117 Å². The van der Waals surface area contributed by atoms with Gasteiger partial charge < -0.3 is 15.3 Å². The Hall–Kier alpha value is -2.84. The predicted molar refractivity (Wildman–Crippen MR) is 92.3 cm³/mol. The molecule has 2 aromatic rings. The number of amidine groups is 1. The van der Waals surface area contributed by atoms with Crippen LogP contribution in [0.2, 0.25) is 10.0 Å². The summed E-state index contributed by atoms with van der Waals surface area (Å²) in [6.07, 6.45) is 0. The maximum atomic E-state index is 12.0. The van der Waals surface area contributed by atoms with Crippen molar-refractivity contribution in [2.45, 2.75) is 0 Å². The number of nitrogens with zero attached hydrogens (tertiary/aromatic N) is 2. The van der Waals surface area contributed by atoms with E-state index in [2.05, 4.69) is 5.16 Å². The van der Waals surface area contributed by atoms with E-state index >= 15 is 0 Å². The van der Waals surface area contributed by atoms with E-state index in [-0.39, 0.29) is 27.9 Å². The van der Waals surface area contributed by atoms with Crippen LogP contribution in [-0.2, 0) is 4.84 Å². The van der Waals surface area contributed by atoms with Crippen LogP contribution in [0.25, 0.3) is 0 Å². The van der Waals surface area contributed by atoms with Crippen LogP contribution in [0.15, 0.2) is 41.6 Å². The molecule has 2 rings (SSSR count). The van der Waals surface area contributed by atoms with Gasteiger partial charge in [0.05, 0.1) is 22.6 Å². The monoisotopic (exact) mass is 383 g/mol. The van der Waals surface area contributed by atoms with Gasteiger partial charge in [-0.05, 0) is 30.3 Å².